The average molecular weight is 340 g/mol. The molecule has 0 spiro atoms. The van der Waals surface area contributed by atoms with Crippen LogP contribution >= 0.6 is 0 Å². The van der Waals surface area contributed by atoms with Crippen LogP contribution in [0.25, 0.3) is 0 Å². The minimum Gasteiger partial charge on any atom is -0.504 e. The topological polar surface area (TPSA) is 95.9 Å². The van der Waals surface area contributed by atoms with Gasteiger partial charge in [-0.2, -0.15) is 0 Å². The third-order valence-corrected chi connectivity index (χ3v) is 3.99. The number of phenolic OH excluding ortho intramolecular Hbond substituents is 1. The first-order valence-corrected chi connectivity index (χ1v) is 7.64. The van der Waals surface area contributed by atoms with Gasteiger partial charge < -0.3 is 15.2 Å². The maximum Gasteiger partial charge on any atom is 0.261 e. The number of ether oxygens (including phenoxy) is 1. The summed E-state index contributed by atoms with van der Waals surface area (Å²) in [4.78, 5) is 37.8. The highest BCUT2D eigenvalue weighted by atomic mass is 16.5. The van der Waals surface area contributed by atoms with Gasteiger partial charge in [0.2, 0.25) is 0 Å². The van der Waals surface area contributed by atoms with Gasteiger partial charge in [-0.05, 0) is 37.3 Å². The Morgan fingerprint density at radius 3 is 2.48 bits per heavy atom. The van der Waals surface area contributed by atoms with Crippen molar-refractivity contribution in [1.29, 1.82) is 0 Å². The first-order valence-electron chi connectivity index (χ1n) is 7.64. The molecule has 0 fully saturated rings. The standard InChI is InChI=1S/C18H16N2O5/c1-3-20-17(23)12-6-4-10(8-13(12)18(20)24)16(22)19-11-5-7-15(25-2)14(21)9-11/h4-9,21H,3H2,1-2H3,(H,19,22). The predicted octanol–water partition coefficient (Wildman–Crippen LogP) is 2.27. The van der Waals surface area contributed by atoms with E-state index in [1.165, 1.54) is 37.4 Å². The van der Waals surface area contributed by atoms with Crippen molar-refractivity contribution in [1.82, 2.24) is 4.90 Å². The Kier molecular flexibility index (Phi) is 4.14. The summed E-state index contributed by atoms with van der Waals surface area (Å²) in [5.74, 6) is -1.02. The molecule has 1 aliphatic heterocycles. The van der Waals surface area contributed by atoms with E-state index in [9.17, 15) is 19.5 Å². The van der Waals surface area contributed by atoms with E-state index < -0.39 is 11.8 Å². The molecule has 0 unspecified atom stereocenters. The van der Waals surface area contributed by atoms with Gasteiger partial charge in [0, 0.05) is 23.9 Å². The zero-order valence-corrected chi connectivity index (χ0v) is 13.7. The number of nitrogens with zero attached hydrogens (tertiary/aromatic N) is 1. The number of nitrogens with one attached hydrogen (secondary N) is 1. The number of rotatable bonds is 4. The molecule has 0 bridgehead atoms. The maximum atomic E-state index is 12.4. The van der Waals surface area contributed by atoms with Crippen LogP contribution in [0.15, 0.2) is 36.4 Å². The van der Waals surface area contributed by atoms with Crippen molar-refractivity contribution in [2.24, 2.45) is 0 Å². The number of phenols is 1. The van der Waals surface area contributed by atoms with Crippen LogP contribution in [0.2, 0.25) is 0 Å². The normalized spacial score (nSPS) is 13.0. The number of hydrogen-bond donors (Lipinski definition) is 2. The van der Waals surface area contributed by atoms with Gasteiger partial charge in [-0.15, -0.1) is 0 Å². The predicted molar refractivity (Wildman–Crippen MR) is 90.1 cm³/mol. The third kappa shape index (κ3) is 2.80. The maximum absolute atomic E-state index is 12.4. The lowest BCUT2D eigenvalue weighted by molar-refractivity contribution is 0.0662. The Morgan fingerprint density at radius 2 is 1.84 bits per heavy atom. The molecular formula is C18H16N2O5. The van der Waals surface area contributed by atoms with Gasteiger partial charge in [-0.25, -0.2) is 0 Å². The second kappa shape index (κ2) is 6.27. The molecule has 1 heterocycles. The lowest BCUT2D eigenvalue weighted by Crippen LogP contribution is -2.29. The molecule has 7 nitrogen and oxygen atoms in total. The molecule has 0 atom stereocenters. The van der Waals surface area contributed by atoms with Gasteiger partial charge in [0.05, 0.1) is 18.2 Å². The fourth-order valence-corrected chi connectivity index (χ4v) is 2.69. The van der Waals surface area contributed by atoms with E-state index in [4.69, 9.17) is 4.74 Å². The summed E-state index contributed by atoms with van der Waals surface area (Å²) in [5.41, 5.74) is 1.14. The van der Waals surface area contributed by atoms with Crippen molar-refractivity contribution in [3.8, 4) is 11.5 Å². The molecular weight excluding hydrogens is 324 g/mol. The quantitative estimate of drug-likeness (QED) is 0.833. The molecule has 1 aliphatic rings. The minimum atomic E-state index is -0.456. The van der Waals surface area contributed by atoms with E-state index in [1.54, 1.807) is 13.0 Å². The molecule has 2 aromatic rings. The van der Waals surface area contributed by atoms with Crippen LogP contribution in [0.5, 0.6) is 11.5 Å². The summed E-state index contributed by atoms with van der Waals surface area (Å²) in [6, 6.07) is 8.83. The van der Waals surface area contributed by atoms with E-state index in [-0.39, 0.29) is 29.3 Å². The second-order valence-corrected chi connectivity index (χ2v) is 5.46. The van der Waals surface area contributed by atoms with Crippen molar-refractivity contribution in [3.05, 3.63) is 53.1 Å². The number of carbonyl (C=O) groups excluding carboxylic acids is 3. The molecule has 0 aliphatic carbocycles. The number of anilines is 1. The van der Waals surface area contributed by atoms with Gasteiger partial charge >= 0.3 is 0 Å². The Bertz CT molecular complexity index is 891. The highest BCUT2D eigenvalue weighted by Gasteiger charge is 2.34. The van der Waals surface area contributed by atoms with Crippen molar-refractivity contribution in [2.45, 2.75) is 6.92 Å². The van der Waals surface area contributed by atoms with Gasteiger partial charge in [0.1, 0.15) is 0 Å². The fourth-order valence-electron chi connectivity index (χ4n) is 2.69. The molecule has 3 rings (SSSR count). The molecule has 7 heteroatoms. The molecule has 2 aromatic carbocycles. The zero-order chi connectivity index (χ0) is 18.1. The molecule has 25 heavy (non-hydrogen) atoms. The second-order valence-electron chi connectivity index (χ2n) is 5.46. The highest BCUT2D eigenvalue weighted by Crippen LogP contribution is 2.29. The van der Waals surface area contributed by atoms with Crippen LogP contribution in [0.4, 0.5) is 5.69 Å². The van der Waals surface area contributed by atoms with E-state index >= 15 is 0 Å². The lowest BCUT2D eigenvalue weighted by Gasteiger charge is -2.09. The Morgan fingerprint density at radius 1 is 1.12 bits per heavy atom. The molecule has 2 N–H and O–H groups in total. The van der Waals surface area contributed by atoms with Crippen LogP contribution in [-0.2, 0) is 0 Å². The number of hydrogen-bond acceptors (Lipinski definition) is 5. The van der Waals surface area contributed by atoms with E-state index in [1.807, 2.05) is 0 Å². The van der Waals surface area contributed by atoms with E-state index in [0.29, 0.717) is 17.0 Å². The summed E-state index contributed by atoms with van der Waals surface area (Å²) in [6.45, 7) is 1.99. The van der Waals surface area contributed by atoms with Crippen molar-refractivity contribution in [2.75, 3.05) is 19.0 Å². The van der Waals surface area contributed by atoms with Crippen molar-refractivity contribution < 1.29 is 24.2 Å². The summed E-state index contributed by atoms with van der Waals surface area (Å²) in [6.07, 6.45) is 0. The lowest BCUT2D eigenvalue weighted by atomic mass is 10.1. The Labute approximate surface area is 143 Å². The number of imide groups is 1. The molecule has 0 saturated carbocycles. The van der Waals surface area contributed by atoms with Crippen LogP contribution in [0, 0.1) is 0 Å². The number of amides is 3. The fraction of sp³-hybridized carbons (Fsp3) is 0.167. The number of fused-ring (bicyclic) bond motifs is 1. The largest absolute Gasteiger partial charge is 0.504 e. The summed E-state index contributed by atoms with van der Waals surface area (Å²) in [5, 5.41) is 12.4. The number of aromatic hydroxyl groups is 1. The number of methoxy groups -OCH3 is 1. The van der Waals surface area contributed by atoms with Gasteiger partial charge in [-0.1, -0.05) is 0 Å². The average Bonchev–Trinajstić information content (AvgIpc) is 2.85. The van der Waals surface area contributed by atoms with Gasteiger partial charge in [-0.3, -0.25) is 19.3 Å². The number of benzene rings is 2. The number of carbonyl (C=O) groups is 3. The first-order chi connectivity index (χ1) is 12.0. The van der Waals surface area contributed by atoms with Crippen LogP contribution in [0.1, 0.15) is 38.0 Å². The monoisotopic (exact) mass is 340 g/mol. The zero-order valence-electron chi connectivity index (χ0n) is 13.7. The first kappa shape index (κ1) is 16.5. The summed E-state index contributed by atoms with van der Waals surface area (Å²) >= 11 is 0. The van der Waals surface area contributed by atoms with Crippen LogP contribution < -0.4 is 10.1 Å². The SMILES string of the molecule is CCN1C(=O)c2ccc(C(=O)Nc3ccc(OC)c(O)c3)cc2C1=O. The van der Waals surface area contributed by atoms with Crippen LogP contribution in [-0.4, -0.2) is 41.4 Å². The smallest absolute Gasteiger partial charge is 0.261 e. The molecule has 0 saturated heterocycles. The molecule has 0 radical (unpaired) electrons. The van der Waals surface area contributed by atoms with E-state index in [2.05, 4.69) is 5.32 Å². The van der Waals surface area contributed by atoms with E-state index in [0.717, 1.165) is 4.90 Å². The van der Waals surface area contributed by atoms with Gasteiger partial charge in [0.25, 0.3) is 17.7 Å². The molecule has 0 aromatic heterocycles. The van der Waals surface area contributed by atoms with Crippen LogP contribution in [0.3, 0.4) is 0 Å². The molecule has 128 valence electrons. The minimum absolute atomic E-state index is 0.103. The summed E-state index contributed by atoms with van der Waals surface area (Å²) in [7, 11) is 1.43. The van der Waals surface area contributed by atoms with Crippen molar-refractivity contribution in [3.63, 3.8) is 0 Å². The Hall–Kier alpha value is -3.35. The summed E-state index contributed by atoms with van der Waals surface area (Å²) < 4.78 is 4.95. The van der Waals surface area contributed by atoms with Gasteiger partial charge in [0.15, 0.2) is 11.5 Å². The Balaban J connectivity index is 1.85. The third-order valence-electron chi connectivity index (χ3n) is 3.99. The molecule has 3 amide bonds. The van der Waals surface area contributed by atoms with Crippen molar-refractivity contribution >= 4 is 23.4 Å². The highest BCUT2D eigenvalue weighted by molar-refractivity contribution is 6.22.